The van der Waals surface area contributed by atoms with Crippen molar-refractivity contribution >= 4 is 50.0 Å². The van der Waals surface area contributed by atoms with E-state index in [-0.39, 0.29) is 24.9 Å². The summed E-state index contributed by atoms with van der Waals surface area (Å²) in [7, 11) is 0. The van der Waals surface area contributed by atoms with Crippen molar-refractivity contribution in [3.05, 3.63) is 46.3 Å². The van der Waals surface area contributed by atoms with E-state index in [1.807, 2.05) is 12.1 Å². The Bertz CT molecular complexity index is 1230. The third kappa shape index (κ3) is 3.52. The van der Waals surface area contributed by atoms with E-state index in [1.54, 1.807) is 17.4 Å². The van der Waals surface area contributed by atoms with Gasteiger partial charge in [0.15, 0.2) is 11.8 Å². The highest BCUT2D eigenvalue weighted by Gasteiger charge is 2.48. The molecule has 4 atom stereocenters. The monoisotopic (exact) mass is 458 g/mol. The second-order valence-corrected chi connectivity index (χ2v) is 9.23. The fraction of sp³-hybridized carbons (Fsp3) is 0.333. The lowest BCUT2D eigenvalue weighted by Gasteiger charge is -2.15. The molecule has 3 N–H and O–H groups in total. The summed E-state index contributed by atoms with van der Waals surface area (Å²) in [6.07, 6.45) is -1.63. The van der Waals surface area contributed by atoms with Crippen LogP contribution in [0, 0.1) is 0 Å². The molecule has 0 bridgehead atoms. The van der Waals surface area contributed by atoms with Crippen LogP contribution in [0.1, 0.15) is 4.88 Å². The summed E-state index contributed by atoms with van der Waals surface area (Å²) in [4.78, 5) is 13.3. The van der Waals surface area contributed by atoms with Crippen molar-refractivity contribution in [3.63, 3.8) is 0 Å². The molecule has 2 fully saturated rings. The first kappa shape index (κ1) is 19.3. The van der Waals surface area contributed by atoms with Gasteiger partial charge in [-0.15, -0.1) is 11.3 Å². The fourth-order valence-electron chi connectivity index (χ4n) is 4.06. The number of nitrogens with zero attached hydrogens (tertiary/aromatic N) is 2. The number of thiophene rings is 1. The van der Waals surface area contributed by atoms with Gasteiger partial charge in [0.05, 0.1) is 30.3 Å². The zero-order valence-electron chi connectivity index (χ0n) is 16.2. The van der Waals surface area contributed by atoms with Crippen LogP contribution in [0.5, 0.6) is 6.01 Å². The number of pyridine rings is 1. The number of halogens is 1. The van der Waals surface area contributed by atoms with Crippen LogP contribution in [0.25, 0.3) is 21.3 Å². The number of H-pyrrole nitrogens is 1. The molecule has 0 saturated carbocycles. The van der Waals surface area contributed by atoms with Crippen molar-refractivity contribution in [2.75, 3.05) is 18.5 Å². The summed E-state index contributed by atoms with van der Waals surface area (Å²) in [6.45, 7) is 1.20. The highest BCUT2D eigenvalue weighted by molar-refractivity contribution is 7.19. The minimum Gasteiger partial charge on any atom is -0.456 e. The standard InChI is InChI=1S/C21H19ClN4O4S/c22-12-6-13-20(25-19(12)23-7-11-5-10-3-1-2-4-16(10)31-11)26-21(24-13)30-15-9-29-17-14(27)8-28-18(15)17/h1-6,14-15,17-18,27H,7-9H2,(H2,23,24,25,26)/t14-,15-,17-,18-/m1/s1. The van der Waals surface area contributed by atoms with E-state index in [9.17, 15) is 5.11 Å². The molecule has 0 spiro atoms. The predicted octanol–water partition coefficient (Wildman–Crippen LogP) is 3.34. The van der Waals surface area contributed by atoms with Crippen molar-refractivity contribution in [1.82, 2.24) is 15.0 Å². The molecule has 2 saturated heterocycles. The zero-order chi connectivity index (χ0) is 20.9. The molecule has 3 aromatic heterocycles. The van der Waals surface area contributed by atoms with E-state index in [0.717, 1.165) is 0 Å². The van der Waals surface area contributed by atoms with Gasteiger partial charge in [0.25, 0.3) is 6.01 Å². The van der Waals surface area contributed by atoms with E-state index < -0.39 is 6.10 Å². The number of hydrogen-bond donors (Lipinski definition) is 3. The van der Waals surface area contributed by atoms with Gasteiger partial charge in [-0.25, -0.2) is 4.98 Å². The van der Waals surface area contributed by atoms with Gasteiger partial charge in [-0.05, 0) is 23.6 Å². The smallest absolute Gasteiger partial charge is 0.296 e. The molecule has 6 rings (SSSR count). The summed E-state index contributed by atoms with van der Waals surface area (Å²) in [5.74, 6) is 0.566. The number of anilines is 1. The summed E-state index contributed by atoms with van der Waals surface area (Å²) in [6, 6.07) is 12.6. The van der Waals surface area contributed by atoms with Crippen molar-refractivity contribution in [1.29, 1.82) is 0 Å². The van der Waals surface area contributed by atoms with E-state index >= 15 is 0 Å². The number of hydrogen-bond acceptors (Lipinski definition) is 8. The molecule has 0 unspecified atom stereocenters. The minimum atomic E-state index is -0.621. The summed E-state index contributed by atoms with van der Waals surface area (Å²) in [5, 5.41) is 14.9. The third-order valence-electron chi connectivity index (χ3n) is 5.56. The summed E-state index contributed by atoms with van der Waals surface area (Å²) in [5.41, 5.74) is 1.18. The van der Waals surface area contributed by atoms with Crippen LogP contribution in [0.4, 0.5) is 5.82 Å². The lowest BCUT2D eigenvalue weighted by atomic mass is 10.1. The lowest BCUT2D eigenvalue weighted by molar-refractivity contribution is 0.00706. The number of fused-ring (bicyclic) bond motifs is 3. The van der Waals surface area contributed by atoms with Crippen molar-refractivity contribution in [3.8, 4) is 6.01 Å². The zero-order valence-corrected chi connectivity index (χ0v) is 17.8. The van der Waals surface area contributed by atoms with Crippen molar-refractivity contribution in [2.45, 2.75) is 31.0 Å². The highest BCUT2D eigenvalue weighted by Crippen LogP contribution is 2.31. The minimum absolute atomic E-state index is 0.251. The number of ether oxygens (including phenoxy) is 3. The van der Waals surface area contributed by atoms with Gasteiger partial charge in [0, 0.05) is 9.58 Å². The van der Waals surface area contributed by atoms with Gasteiger partial charge >= 0.3 is 0 Å². The number of rotatable bonds is 5. The second kappa shape index (κ2) is 7.61. The molecule has 2 aliphatic heterocycles. The first-order valence-corrected chi connectivity index (χ1v) is 11.2. The van der Waals surface area contributed by atoms with Gasteiger partial charge in [0.1, 0.15) is 24.1 Å². The second-order valence-electron chi connectivity index (χ2n) is 7.66. The summed E-state index contributed by atoms with van der Waals surface area (Å²) >= 11 is 8.18. The number of benzene rings is 1. The van der Waals surface area contributed by atoms with Gasteiger partial charge in [-0.2, -0.15) is 4.98 Å². The molecule has 8 nitrogen and oxygen atoms in total. The largest absolute Gasteiger partial charge is 0.456 e. The molecule has 10 heteroatoms. The Balaban J connectivity index is 1.19. The molecule has 0 amide bonds. The molecular formula is C21H19ClN4O4S. The van der Waals surface area contributed by atoms with Crippen molar-refractivity contribution < 1.29 is 19.3 Å². The topological polar surface area (TPSA) is 102 Å². The van der Waals surface area contributed by atoms with Gasteiger partial charge in [-0.3, -0.25) is 0 Å². The van der Waals surface area contributed by atoms with Gasteiger partial charge in [0.2, 0.25) is 0 Å². The normalized spacial score (nSPS) is 25.4. The fourth-order valence-corrected chi connectivity index (χ4v) is 5.28. The maximum Gasteiger partial charge on any atom is 0.296 e. The maximum atomic E-state index is 9.87. The predicted molar refractivity (Wildman–Crippen MR) is 118 cm³/mol. The molecule has 5 heterocycles. The molecule has 31 heavy (non-hydrogen) atoms. The average Bonchev–Trinajstić information content (AvgIpc) is 3.51. The number of aliphatic hydroxyl groups excluding tert-OH is 1. The number of imidazole rings is 1. The number of aliphatic hydroxyl groups is 1. The van der Waals surface area contributed by atoms with Crippen LogP contribution < -0.4 is 10.1 Å². The molecule has 0 radical (unpaired) electrons. The molecule has 2 aliphatic rings. The molecular weight excluding hydrogens is 440 g/mol. The van der Waals surface area contributed by atoms with E-state index in [0.29, 0.717) is 41.2 Å². The Morgan fingerprint density at radius 2 is 2.06 bits per heavy atom. The lowest BCUT2D eigenvalue weighted by Crippen LogP contribution is -2.34. The average molecular weight is 459 g/mol. The maximum absolute atomic E-state index is 9.87. The first-order chi connectivity index (χ1) is 15.1. The Morgan fingerprint density at radius 3 is 2.97 bits per heavy atom. The van der Waals surface area contributed by atoms with Gasteiger partial charge < -0.3 is 29.6 Å². The SMILES string of the molecule is O[C@@H]1CO[C@H]2[C@@H]1OC[C@H]2Oc1nc2nc(NCc3cc4ccccc4s3)c(Cl)cc2[nH]1. The van der Waals surface area contributed by atoms with E-state index in [2.05, 4.69) is 38.5 Å². The third-order valence-corrected chi connectivity index (χ3v) is 6.96. The Morgan fingerprint density at radius 1 is 1.19 bits per heavy atom. The van der Waals surface area contributed by atoms with E-state index in [1.165, 1.54) is 15.0 Å². The Hall–Kier alpha value is -2.43. The summed E-state index contributed by atoms with van der Waals surface area (Å²) < 4.78 is 18.4. The molecule has 4 aromatic rings. The van der Waals surface area contributed by atoms with E-state index in [4.69, 9.17) is 25.8 Å². The van der Waals surface area contributed by atoms with Crippen LogP contribution in [0.2, 0.25) is 5.02 Å². The van der Waals surface area contributed by atoms with Gasteiger partial charge in [-0.1, -0.05) is 29.8 Å². The first-order valence-electron chi connectivity index (χ1n) is 9.99. The van der Waals surface area contributed by atoms with Crippen LogP contribution in [-0.4, -0.2) is 57.7 Å². The molecule has 1 aromatic carbocycles. The van der Waals surface area contributed by atoms with Crippen molar-refractivity contribution in [2.24, 2.45) is 0 Å². The molecule has 160 valence electrons. The number of aromatic amines is 1. The Labute approximate surface area is 186 Å². The van der Waals surface area contributed by atoms with Crippen LogP contribution in [0.15, 0.2) is 36.4 Å². The Kier molecular flexibility index (Phi) is 4.73. The van der Waals surface area contributed by atoms with Crippen LogP contribution >= 0.6 is 22.9 Å². The van der Waals surface area contributed by atoms with Crippen LogP contribution in [0.3, 0.4) is 0 Å². The number of aromatic nitrogens is 3. The quantitative estimate of drug-likeness (QED) is 0.421. The number of nitrogens with one attached hydrogen (secondary N) is 2. The highest BCUT2D eigenvalue weighted by atomic mass is 35.5. The van der Waals surface area contributed by atoms with Crippen LogP contribution in [-0.2, 0) is 16.0 Å². The molecule has 0 aliphatic carbocycles.